The summed E-state index contributed by atoms with van der Waals surface area (Å²) in [6.45, 7) is 1.81. The van der Waals surface area contributed by atoms with Gasteiger partial charge in [0, 0.05) is 22.5 Å². The lowest BCUT2D eigenvalue weighted by Crippen LogP contribution is -2.20. The number of ether oxygens (including phenoxy) is 1. The van der Waals surface area contributed by atoms with Gasteiger partial charge in [-0.2, -0.15) is 4.98 Å². The van der Waals surface area contributed by atoms with Crippen LogP contribution in [0.2, 0.25) is 5.02 Å². The summed E-state index contributed by atoms with van der Waals surface area (Å²) < 4.78 is 11.2. The Bertz CT molecular complexity index is 1110. The summed E-state index contributed by atoms with van der Waals surface area (Å²) in [5.41, 5.74) is 3.58. The first kappa shape index (κ1) is 18.0. The van der Waals surface area contributed by atoms with Crippen LogP contribution in [-0.4, -0.2) is 22.5 Å². The molecule has 140 valence electrons. The fraction of sp³-hybridized carbons (Fsp3) is 0.0952. The number of carbonyl (C=O) groups excluding carboxylic acids is 1. The highest BCUT2D eigenvalue weighted by Gasteiger charge is 2.11. The minimum absolute atomic E-state index is 0.0976. The standard InChI is InChI=1S/C21H16ClN3O3/c1-13-11-14(21-25-20-18(28-21)3-2-10-23-20)4-9-17(13)24-19(26)12-27-16-7-5-15(22)6-8-16/h2-11H,12H2,1H3,(H,24,26). The number of hydrogen-bond donors (Lipinski definition) is 1. The molecule has 1 amide bonds. The van der Waals surface area contributed by atoms with Crippen LogP contribution in [-0.2, 0) is 4.79 Å². The van der Waals surface area contributed by atoms with E-state index in [-0.39, 0.29) is 12.5 Å². The van der Waals surface area contributed by atoms with E-state index in [1.807, 2.05) is 31.2 Å². The van der Waals surface area contributed by atoms with Crippen LogP contribution in [0.5, 0.6) is 5.75 Å². The SMILES string of the molecule is Cc1cc(-c2nc3ncccc3o2)ccc1NC(=O)COc1ccc(Cl)cc1. The lowest BCUT2D eigenvalue weighted by atomic mass is 10.1. The van der Waals surface area contributed by atoms with Crippen molar-refractivity contribution in [3.05, 3.63) is 71.4 Å². The Morgan fingerprint density at radius 1 is 1.18 bits per heavy atom. The number of hydrogen-bond acceptors (Lipinski definition) is 5. The van der Waals surface area contributed by atoms with Crippen molar-refractivity contribution in [2.75, 3.05) is 11.9 Å². The number of aryl methyl sites for hydroxylation is 1. The number of pyridine rings is 1. The molecule has 2 aromatic carbocycles. The zero-order valence-electron chi connectivity index (χ0n) is 15.0. The van der Waals surface area contributed by atoms with Crippen LogP contribution in [0.4, 0.5) is 5.69 Å². The molecule has 4 rings (SSSR count). The van der Waals surface area contributed by atoms with Gasteiger partial charge in [-0.25, -0.2) is 4.98 Å². The summed E-state index contributed by atoms with van der Waals surface area (Å²) in [4.78, 5) is 20.7. The number of benzene rings is 2. The van der Waals surface area contributed by atoms with E-state index >= 15 is 0 Å². The van der Waals surface area contributed by atoms with Crippen molar-refractivity contribution in [1.82, 2.24) is 9.97 Å². The van der Waals surface area contributed by atoms with Crippen molar-refractivity contribution in [3.63, 3.8) is 0 Å². The minimum Gasteiger partial charge on any atom is -0.484 e. The molecular weight excluding hydrogens is 378 g/mol. The summed E-state index contributed by atoms with van der Waals surface area (Å²) in [6, 6.07) is 16.0. The van der Waals surface area contributed by atoms with Gasteiger partial charge >= 0.3 is 0 Å². The van der Waals surface area contributed by atoms with Gasteiger partial charge in [0.2, 0.25) is 5.89 Å². The molecule has 0 aliphatic rings. The Labute approximate surface area is 166 Å². The Kier molecular flexibility index (Phi) is 4.95. The number of rotatable bonds is 5. The predicted molar refractivity (Wildman–Crippen MR) is 108 cm³/mol. The van der Waals surface area contributed by atoms with Crippen LogP contribution in [0.3, 0.4) is 0 Å². The maximum absolute atomic E-state index is 12.2. The molecule has 1 N–H and O–H groups in total. The Morgan fingerprint density at radius 3 is 2.75 bits per heavy atom. The molecule has 4 aromatic rings. The molecule has 2 aromatic heterocycles. The van der Waals surface area contributed by atoms with E-state index in [0.29, 0.717) is 33.6 Å². The number of nitrogens with one attached hydrogen (secondary N) is 1. The molecule has 0 aliphatic heterocycles. The minimum atomic E-state index is -0.253. The van der Waals surface area contributed by atoms with Crippen LogP contribution in [0.15, 0.2) is 65.2 Å². The number of aromatic nitrogens is 2. The van der Waals surface area contributed by atoms with Crippen molar-refractivity contribution in [2.45, 2.75) is 6.92 Å². The molecule has 0 radical (unpaired) electrons. The van der Waals surface area contributed by atoms with Gasteiger partial charge in [-0.05, 0) is 67.1 Å². The first-order valence-electron chi connectivity index (χ1n) is 8.59. The van der Waals surface area contributed by atoms with E-state index in [1.54, 1.807) is 36.5 Å². The molecule has 0 unspecified atom stereocenters. The summed E-state index contributed by atoms with van der Waals surface area (Å²) in [5, 5.41) is 3.46. The third-order valence-corrected chi connectivity index (χ3v) is 4.35. The monoisotopic (exact) mass is 393 g/mol. The lowest BCUT2D eigenvalue weighted by Gasteiger charge is -2.10. The first-order valence-corrected chi connectivity index (χ1v) is 8.97. The molecule has 0 fully saturated rings. The fourth-order valence-electron chi connectivity index (χ4n) is 2.70. The average Bonchev–Trinajstić information content (AvgIpc) is 3.13. The van der Waals surface area contributed by atoms with Crippen LogP contribution < -0.4 is 10.1 Å². The molecule has 0 spiro atoms. The van der Waals surface area contributed by atoms with Crippen molar-refractivity contribution >= 4 is 34.4 Å². The predicted octanol–water partition coefficient (Wildman–Crippen LogP) is 4.87. The molecule has 2 heterocycles. The molecule has 0 saturated carbocycles. The van der Waals surface area contributed by atoms with Crippen LogP contribution in [0, 0.1) is 6.92 Å². The molecule has 28 heavy (non-hydrogen) atoms. The molecule has 0 saturated heterocycles. The third kappa shape index (κ3) is 3.97. The first-order chi connectivity index (χ1) is 13.6. The number of halogens is 1. The normalized spacial score (nSPS) is 10.8. The largest absolute Gasteiger partial charge is 0.484 e. The van der Waals surface area contributed by atoms with E-state index in [4.69, 9.17) is 20.8 Å². The van der Waals surface area contributed by atoms with Gasteiger partial charge in [0.1, 0.15) is 5.75 Å². The van der Waals surface area contributed by atoms with E-state index in [0.717, 1.165) is 11.1 Å². The number of nitrogens with zero attached hydrogens (tertiary/aromatic N) is 2. The smallest absolute Gasteiger partial charge is 0.262 e. The molecule has 0 atom stereocenters. The summed E-state index contributed by atoms with van der Waals surface area (Å²) >= 11 is 5.83. The Balaban J connectivity index is 1.43. The van der Waals surface area contributed by atoms with Crippen LogP contribution in [0.1, 0.15) is 5.56 Å². The molecular formula is C21H16ClN3O3. The summed E-state index contributed by atoms with van der Waals surface area (Å²) in [7, 11) is 0. The summed E-state index contributed by atoms with van der Waals surface area (Å²) in [6.07, 6.45) is 1.67. The number of amides is 1. The highest BCUT2D eigenvalue weighted by molar-refractivity contribution is 6.30. The van der Waals surface area contributed by atoms with Gasteiger partial charge in [0.05, 0.1) is 0 Å². The van der Waals surface area contributed by atoms with Gasteiger partial charge in [0.25, 0.3) is 5.91 Å². The zero-order chi connectivity index (χ0) is 19.5. The van der Waals surface area contributed by atoms with Gasteiger partial charge in [-0.1, -0.05) is 11.6 Å². The van der Waals surface area contributed by atoms with Crippen molar-refractivity contribution < 1.29 is 13.9 Å². The van der Waals surface area contributed by atoms with E-state index < -0.39 is 0 Å². The van der Waals surface area contributed by atoms with Crippen molar-refractivity contribution in [1.29, 1.82) is 0 Å². The van der Waals surface area contributed by atoms with Crippen molar-refractivity contribution in [3.8, 4) is 17.2 Å². The average molecular weight is 394 g/mol. The number of oxazole rings is 1. The highest BCUT2D eigenvalue weighted by atomic mass is 35.5. The Morgan fingerprint density at radius 2 is 2.00 bits per heavy atom. The molecule has 7 heteroatoms. The van der Waals surface area contributed by atoms with E-state index in [2.05, 4.69) is 15.3 Å². The van der Waals surface area contributed by atoms with Crippen LogP contribution in [0.25, 0.3) is 22.7 Å². The number of fused-ring (bicyclic) bond motifs is 1. The van der Waals surface area contributed by atoms with Gasteiger partial charge in [0.15, 0.2) is 17.8 Å². The molecule has 6 nitrogen and oxygen atoms in total. The van der Waals surface area contributed by atoms with Gasteiger partial charge in [-0.3, -0.25) is 4.79 Å². The fourth-order valence-corrected chi connectivity index (χ4v) is 2.82. The second kappa shape index (κ2) is 7.70. The van der Waals surface area contributed by atoms with Gasteiger partial charge < -0.3 is 14.5 Å². The third-order valence-electron chi connectivity index (χ3n) is 4.10. The van der Waals surface area contributed by atoms with E-state index in [9.17, 15) is 4.79 Å². The maximum atomic E-state index is 12.2. The number of carbonyl (C=O) groups is 1. The molecule has 0 aliphatic carbocycles. The summed E-state index contributed by atoms with van der Waals surface area (Å²) in [5.74, 6) is 0.814. The quantitative estimate of drug-likeness (QED) is 0.523. The number of anilines is 1. The Hall–Kier alpha value is -3.38. The zero-order valence-corrected chi connectivity index (χ0v) is 15.7. The topological polar surface area (TPSA) is 77.3 Å². The van der Waals surface area contributed by atoms with Gasteiger partial charge in [-0.15, -0.1) is 0 Å². The molecule has 0 bridgehead atoms. The van der Waals surface area contributed by atoms with E-state index in [1.165, 1.54) is 0 Å². The second-order valence-corrected chi connectivity index (χ2v) is 6.60. The maximum Gasteiger partial charge on any atom is 0.262 e. The lowest BCUT2D eigenvalue weighted by molar-refractivity contribution is -0.118. The van der Waals surface area contributed by atoms with Crippen LogP contribution >= 0.6 is 11.6 Å². The van der Waals surface area contributed by atoms with Crippen molar-refractivity contribution in [2.24, 2.45) is 0 Å². The second-order valence-electron chi connectivity index (χ2n) is 6.16. The highest BCUT2D eigenvalue weighted by Crippen LogP contribution is 2.26.